The highest BCUT2D eigenvalue weighted by Crippen LogP contribution is 2.35. The predicted octanol–water partition coefficient (Wildman–Crippen LogP) is 5.30. The van der Waals surface area contributed by atoms with Crippen LogP contribution < -0.4 is 5.32 Å². The largest absolute Gasteiger partial charge is 0.508 e. The number of aromatic nitrogens is 1. The van der Waals surface area contributed by atoms with Crippen LogP contribution in [0.3, 0.4) is 0 Å². The van der Waals surface area contributed by atoms with Crippen LogP contribution >= 0.6 is 23.2 Å². The summed E-state index contributed by atoms with van der Waals surface area (Å²) in [7, 11) is 0. The lowest BCUT2D eigenvalue weighted by molar-refractivity contribution is 0.475. The van der Waals surface area contributed by atoms with Crippen molar-refractivity contribution in [1.29, 1.82) is 0 Å². The van der Waals surface area contributed by atoms with Crippen molar-refractivity contribution in [3.63, 3.8) is 0 Å². The average Bonchev–Trinajstić information content (AvgIpc) is 2.57. The van der Waals surface area contributed by atoms with Crippen molar-refractivity contribution in [2.75, 3.05) is 5.32 Å². The van der Waals surface area contributed by atoms with Gasteiger partial charge in [-0.3, -0.25) is 0 Å². The van der Waals surface area contributed by atoms with Gasteiger partial charge in [0, 0.05) is 6.20 Å². The summed E-state index contributed by atoms with van der Waals surface area (Å²) in [6.07, 6.45) is 1.72. The topological polar surface area (TPSA) is 45.1 Å². The van der Waals surface area contributed by atoms with E-state index in [-0.39, 0.29) is 11.8 Å². The lowest BCUT2D eigenvalue weighted by atomic mass is 9.98. The fourth-order valence-electron chi connectivity index (χ4n) is 2.35. The first-order chi connectivity index (χ1) is 11.1. The van der Waals surface area contributed by atoms with Gasteiger partial charge in [0.05, 0.1) is 16.1 Å². The minimum absolute atomic E-state index is 0.211. The summed E-state index contributed by atoms with van der Waals surface area (Å²) in [6.45, 7) is 0. The number of hydrogen-bond donors (Lipinski definition) is 2. The number of hydrogen-bond acceptors (Lipinski definition) is 3. The highest BCUT2D eigenvalue weighted by molar-refractivity contribution is 6.42. The number of anilines is 1. The summed E-state index contributed by atoms with van der Waals surface area (Å²) in [5, 5.41) is 13.9. The van der Waals surface area contributed by atoms with Gasteiger partial charge in [0.15, 0.2) is 0 Å². The van der Waals surface area contributed by atoms with E-state index in [2.05, 4.69) is 10.3 Å². The normalized spacial score (nSPS) is 11.9. The fraction of sp³-hybridized carbons (Fsp3) is 0.0556. The van der Waals surface area contributed by atoms with E-state index in [0.29, 0.717) is 10.0 Å². The molecule has 3 rings (SSSR count). The predicted molar refractivity (Wildman–Crippen MR) is 94.3 cm³/mol. The summed E-state index contributed by atoms with van der Waals surface area (Å²) >= 11 is 12.6. The third-order valence-electron chi connectivity index (χ3n) is 3.48. The molecule has 0 saturated carbocycles. The zero-order valence-corrected chi connectivity index (χ0v) is 13.6. The maximum atomic E-state index is 9.52. The van der Waals surface area contributed by atoms with Crippen LogP contribution in [0.5, 0.6) is 5.75 Å². The van der Waals surface area contributed by atoms with E-state index in [1.54, 1.807) is 24.4 Å². The van der Waals surface area contributed by atoms with Gasteiger partial charge in [-0.05, 0) is 41.5 Å². The van der Waals surface area contributed by atoms with E-state index in [9.17, 15) is 5.11 Å². The lowest BCUT2D eigenvalue weighted by Gasteiger charge is -2.22. The number of phenolic OH excluding ortho intramolecular Hbond substituents is 1. The molecule has 23 heavy (non-hydrogen) atoms. The molecule has 1 atom stereocenters. The molecule has 0 fully saturated rings. The molecule has 2 N–H and O–H groups in total. The van der Waals surface area contributed by atoms with Crippen molar-refractivity contribution in [3.8, 4) is 5.75 Å². The minimum Gasteiger partial charge on any atom is -0.508 e. The smallest absolute Gasteiger partial charge is 0.126 e. The van der Waals surface area contributed by atoms with E-state index >= 15 is 0 Å². The summed E-state index contributed by atoms with van der Waals surface area (Å²) in [4.78, 5) is 4.30. The van der Waals surface area contributed by atoms with Gasteiger partial charge in [0.1, 0.15) is 11.6 Å². The van der Waals surface area contributed by atoms with Crippen LogP contribution in [0.15, 0.2) is 66.9 Å². The average molecular weight is 345 g/mol. The molecule has 0 aliphatic carbocycles. The number of pyridine rings is 1. The fourth-order valence-corrected chi connectivity index (χ4v) is 2.76. The van der Waals surface area contributed by atoms with E-state index in [4.69, 9.17) is 23.2 Å². The second-order valence-corrected chi connectivity index (χ2v) is 5.81. The van der Waals surface area contributed by atoms with Gasteiger partial charge in [-0.25, -0.2) is 4.98 Å². The van der Waals surface area contributed by atoms with Crippen LogP contribution in [0.2, 0.25) is 10.0 Å². The Morgan fingerprint density at radius 2 is 1.70 bits per heavy atom. The van der Waals surface area contributed by atoms with Crippen LogP contribution in [-0.2, 0) is 0 Å². The van der Waals surface area contributed by atoms with Crippen LogP contribution in [0, 0.1) is 0 Å². The van der Waals surface area contributed by atoms with Crippen LogP contribution in [-0.4, -0.2) is 10.1 Å². The molecular weight excluding hydrogens is 331 g/mol. The van der Waals surface area contributed by atoms with E-state index in [1.807, 2.05) is 42.5 Å². The first kappa shape index (κ1) is 15.7. The quantitative estimate of drug-likeness (QED) is 0.675. The van der Waals surface area contributed by atoms with Crippen molar-refractivity contribution in [3.05, 3.63) is 88.0 Å². The minimum atomic E-state index is -0.239. The van der Waals surface area contributed by atoms with E-state index in [0.717, 1.165) is 16.9 Å². The lowest BCUT2D eigenvalue weighted by Crippen LogP contribution is -2.13. The Balaban J connectivity index is 2.06. The highest BCUT2D eigenvalue weighted by atomic mass is 35.5. The first-order valence-corrected chi connectivity index (χ1v) is 7.81. The molecular formula is C18H14Cl2N2O. The third kappa shape index (κ3) is 3.58. The van der Waals surface area contributed by atoms with Crippen molar-refractivity contribution in [1.82, 2.24) is 4.98 Å². The molecule has 2 aromatic carbocycles. The standard InChI is InChI=1S/C18H14Cl2N2O/c19-15-5-3-4-14(17(15)20)18(12-7-9-13(23)10-8-12)22-16-6-1-2-11-21-16/h1-11,18,23H,(H,21,22). The molecule has 0 radical (unpaired) electrons. The zero-order chi connectivity index (χ0) is 16.2. The van der Waals surface area contributed by atoms with E-state index < -0.39 is 0 Å². The molecule has 1 unspecified atom stereocenters. The summed E-state index contributed by atoms with van der Waals surface area (Å²) in [5.41, 5.74) is 1.79. The van der Waals surface area contributed by atoms with Crippen molar-refractivity contribution in [2.45, 2.75) is 6.04 Å². The second kappa shape index (κ2) is 6.90. The van der Waals surface area contributed by atoms with Crippen molar-refractivity contribution in [2.24, 2.45) is 0 Å². The van der Waals surface area contributed by atoms with Crippen molar-refractivity contribution < 1.29 is 5.11 Å². The number of aromatic hydroxyl groups is 1. The van der Waals surface area contributed by atoms with Gasteiger partial charge in [-0.2, -0.15) is 0 Å². The molecule has 1 aromatic heterocycles. The monoisotopic (exact) mass is 344 g/mol. The molecule has 5 heteroatoms. The maximum absolute atomic E-state index is 9.52. The van der Waals surface area contributed by atoms with Crippen molar-refractivity contribution >= 4 is 29.0 Å². The van der Waals surface area contributed by atoms with Gasteiger partial charge >= 0.3 is 0 Å². The Labute approximate surface area is 144 Å². The number of nitrogens with zero attached hydrogens (tertiary/aromatic N) is 1. The summed E-state index contributed by atoms with van der Waals surface area (Å²) in [5.74, 6) is 0.934. The SMILES string of the molecule is Oc1ccc(C(Nc2ccccn2)c2cccc(Cl)c2Cl)cc1. The molecule has 3 nitrogen and oxygen atoms in total. The molecule has 0 bridgehead atoms. The summed E-state index contributed by atoms with van der Waals surface area (Å²) < 4.78 is 0. The molecule has 116 valence electrons. The molecule has 0 amide bonds. The van der Waals surface area contributed by atoms with Gasteiger partial charge < -0.3 is 10.4 Å². The number of rotatable bonds is 4. The van der Waals surface area contributed by atoms with Gasteiger partial charge in [-0.15, -0.1) is 0 Å². The van der Waals surface area contributed by atoms with Crippen LogP contribution in [0.25, 0.3) is 0 Å². The van der Waals surface area contributed by atoms with Crippen LogP contribution in [0.4, 0.5) is 5.82 Å². The van der Waals surface area contributed by atoms with Gasteiger partial charge in [-0.1, -0.05) is 53.5 Å². The van der Waals surface area contributed by atoms with Gasteiger partial charge in [0.2, 0.25) is 0 Å². The summed E-state index contributed by atoms with van der Waals surface area (Å²) in [6, 6.07) is 17.9. The maximum Gasteiger partial charge on any atom is 0.126 e. The molecule has 3 aromatic rings. The van der Waals surface area contributed by atoms with E-state index in [1.165, 1.54) is 0 Å². The molecule has 0 saturated heterocycles. The molecule has 1 heterocycles. The third-order valence-corrected chi connectivity index (χ3v) is 4.31. The number of halogens is 2. The molecule has 0 aliphatic heterocycles. The number of phenols is 1. The van der Waals surface area contributed by atoms with Gasteiger partial charge in [0.25, 0.3) is 0 Å². The Kier molecular flexibility index (Phi) is 4.70. The van der Waals surface area contributed by atoms with Crippen LogP contribution in [0.1, 0.15) is 17.2 Å². The number of benzene rings is 2. The molecule has 0 aliphatic rings. The Bertz CT molecular complexity index is 792. The first-order valence-electron chi connectivity index (χ1n) is 7.05. The Hall–Kier alpha value is -2.23. The Morgan fingerprint density at radius 3 is 2.39 bits per heavy atom. The molecule has 0 spiro atoms. The Morgan fingerprint density at radius 1 is 0.913 bits per heavy atom. The second-order valence-electron chi connectivity index (χ2n) is 5.03. The highest BCUT2D eigenvalue weighted by Gasteiger charge is 2.19. The number of nitrogens with one attached hydrogen (secondary N) is 1. The zero-order valence-electron chi connectivity index (χ0n) is 12.1.